The molecule has 0 amide bonds. The van der Waals surface area contributed by atoms with Crippen LogP contribution in [0.2, 0.25) is 0 Å². The number of hydrogen-bond acceptors (Lipinski definition) is 3. The van der Waals surface area contributed by atoms with Crippen LogP contribution in [0.15, 0.2) is 24.3 Å². The molecule has 1 heterocycles. The first kappa shape index (κ1) is 10.3. The molecule has 1 aromatic heterocycles. The van der Waals surface area contributed by atoms with E-state index in [1.807, 2.05) is 13.0 Å². The zero-order valence-electron chi connectivity index (χ0n) is 8.20. The van der Waals surface area contributed by atoms with Crippen molar-refractivity contribution in [2.24, 2.45) is 0 Å². The fraction of sp³-hybridized carbons (Fsp3) is 0.182. The summed E-state index contributed by atoms with van der Waals surface area (Å²) in [5.41, 5.74) is 1.64. The van der Waals surface area contributed by atoms with Gasteiger partial charge in [0.05, 0.1) is 17.2 Å². The van der Waals surface area contributed by atoms with Crippen molar-refractivity contribution in [2.75, 3.05) is 0 Å². The first-order chi connectivity index (χ1) is 7.20. The smallest absolute Gasteiger partial charge is 0.123 e. The summed E-state index contributed by atoms with van der Waals surface area (Å²) >= 11 is 1.39. The minimum Gasteiger partial charge on any atom is -0.389 e. The standard InChI is InChI=1S/C11H10FNOS/c1-7-11(15-10(6-14)13-7)8-3-2-4-9(12)5-8/h2-5,14H,6H2,1H3. The monoisotopic (exact) mass is 223 g/mol. The Hall–Kier alpha value is -1.26. The number of aryl methyl sites for hydroxylation is 1. The zero-order chi connectivity index (χ0) is 10.8. The molecule has 1 aromatic carbocycles. The molecule has 2 rings (SSSR count). The van der Waals surface area contributed by atoms with Crippen LogP contribution >= 0.6 is 11.3 Å². The van der Waals surface area contributed by atoms with Crippen LogP contribution in [-0.4, -0.2) is 10.1 Å². The van der Waals surface area contributed by atoms with Gasteiger partial charge in [0.25, 0.3) is 0 Å². The van der Waals surface area contributed by atoms with E-state index in [0.717, 1.165) is 16.1 Å². The third-order valence-corrected chi connectivity index (χ3v) is 3.25. The predicted octanol–water partition coefficient (Wildman–Crippen LogP) is 2.75. The van der Waals surface area contributed by atoms with Crippen LogP contribution in [0.4, 0.5) is 4.39 Å². The topological polar surface area (TPSA) is 33.1 Å². The third kappa shape index (κ3) is 2.06. The molecule has 0 spiro atoms. The van der Waals surface area contributed by atoms with Gasteiger partial charge < -0.3 is 5.11 Å². The van der Waals surface area contributed by atoms with Gasteiger partial charge in [-0.2, -0.15) is 0 Å². The van der Waals surface area contributed by atoms with E-state index in [4.69, 9.17) is 5.11 Å². The molecule has 0 bridgehead atoms. The fourth-order valence-corrected chi connectivity index (χ4v) is 2.34. The van der Waals surface area contributed by atoms with Gasteiger partial charge in [0.2, 0.25) is 0 Å². The van der Waals surface area contributed by atoms with Crippen molar-refractivity contribution in [1.29, 1.82) is 0 Å². The molecule has 0 atom stereocenters. The van der Waals surface area contributed by atoms with E-state index in [2.05, 4.69) is 4.98 Å². The molecular weight excluding hydrogens is 213 g/mol. The highest BCUT2D eigenvalue weighted by atomic mass is 32.1. The minimum atomic E-state index is -0.258. The molecule has 78 valence electrons. The lowest BCUT2D eigenvalue weighted by molar-refractivity contribution is 0.281. The molecule has 0 radical (unpaired) electrons. The van der Waals surface area contributed by atoms with E-state index in [9.17, 15) is 4.39 Å². The summed E-state index contributed by atoms with van der Waals surface area (Å²) < 4.78 is 13.0. The Kier molecular flexibility index (Phi) is 2.79. The van der Waals surface area contributed by atoms with Crippen LogP contribution in [0.25, 0.3) is 10.4 Å². The predicted molar refractivity (Wildman–Crippen MR) is 58.2 cm³/mol. The number of rotatable bonds is 2. The Morgan fingerprint density at radius 1 is 1.47 bits per heavy atom. The lowest BCUT2D eigenvalue weighted by atomic mass is 10.1. The minimum absolute atomic E-state index is 0.0686. The van der Waals surface area contributed by atoms with Crippen LogP contribution in [0.1, 0.15) is 10.7 Å². The fourth-order valence-electron chi connectivity index (χ4n) is 1.42. The highest BCUT2D eigenvalue weighted by Crippen LogP contribution is 2.30. The molecule has 1 N–H and O–H groups in total. The molecule has 0 saturated carbocycles. The summed E-state index contributed by atoms with van der Waals surface area (Å²) in [7, 11) is 0. The summed E-state index contributed by atoms with van der Waals surface area (Å²) in [5.74, 6) is -0.258. The molecule has 0 aliphatic carbocycles. The number of benzene rings is 1. The molecule has 15 heavy (non-hydrogen) atoms. The Bertz CT molecular complexity index is 481. The van der Waals surface area contributed by atoms with E-state index in [-0.39, 0.29) is 12.4 Å². The average molecular weight is 223 g/mol. The van der Waals surface area contributed by atoms with Gasteiger partial charge in [0.15, 0.2) is 0 Å². The second kappa shape index (κ2) is 4.08. The van der Waals surface area contributed by atoms with Crippen molar-refractivity contribution in [3.05, 3.63) is 40.8 Å². The van der Waals surface area contributed by atoms with Crippen molar-refractivity contribution < 1.29 is 9.50 Å². The van der Waals surface area contributed by atoms with E-state index in [0.29, 0.717) is 5.01 Å². The highest BCUT2D eigenvalue weighted by Gasteiger charge is 2.09. The number of nitrogens with zero attached hydrogens (tertiary/aromatic N) is 1. The van der Waals surface area contributed by atoms with Crippen LogP contribution in [0.5, 0.6) is 0 Å². The van der Waals surface area contributed by atoms with Gasteiger partial charge in [0, 0.05) is 0 Å². The molecule has 0 unspecified atom stereocenters. The number of thiazole rings is 1. The van der Waals surface area contributed by atoms with E-state index < -0.39 is 0 Å². The summed E-state index contributed by atoms with van der Waals surface area (Å²) in [6.07, 6.45) is 0. The maximum absolute atomic E-state index is 13.0. The maximum atomic E-state index is 13.0. The average Bonchev–Trinajstić information content (AvgIpc) is 2.60. The van der Waals surface area contributed by atoms with Gasteiger partial charge in [0.1, 0.15) is 10.8 Å². The largest absolute Gasteiger partial charge is 0.389 e. The molecule has 2 nitrogen and oxygen atoms in total. The van der Waals surface area contributed by atoms with Gasteiger partial charge in [-0.25, -0.2) is 9.37 Å². The van der Waals surface area contributed by atoms with Crippen molar-refractivity contribution in [3.63, 3.8) is 0 Å². The number of aromatic nitrogens is 1. The Labute approximate surface area is 91.0 Å². The molecule has 0 saturated heterocycles. The van der Waals surface area contributed by atoms with Crippen molar-refractivity contribution in [2.45, 2.75) is 13.5 Å². The number of aliphatic hydroxyl groups excluding tert-OH is 1. The van der Waals surface area contributed by atoms with Gasteiger partial charge in [-0.1, -0.05) is 12.1 Å². The Morgan fingerprint density at radius 2 is 2.27 bits per heavy atom. The van der Waals surface area contributed by atoms with Crippen LogP contribution < -0.4 is 0 Å². The van der Waals surface area contributed by atoms with Crippen molar-refractivity contribution in [3.8, 4) is 10.4 Å². The summed E-state index contributed by atoms with van der Waals surface area (Å²) in [6.45, 7) is 1.79. The first-order valence-corrected chi connectivity index (χ1v) is 5.35. The van der Waals surface area contributed by atoms with Crippen molar-refractivity contribution in [1.82, 2.24) is 4.98 Å². The molecule has 4 heteroatoms. The second-order valence-electron chi connectivity index (χ2n) is 3.19. The van der Waals surface area contributed by atoms with Gasteiger partial charge >= 0.3 is 0 Å². The summed E-state index contributed by atoms with van der Waals surface area (Å²) in [5, 5.41) is 9.61. The van der Waals surface area contributed by atoms with Gasteiger partial charge in [-0.15, -0.1) is 11.3 Å². The SMILES string of the molecule is Cc1nc(CO)sc1-c1cccc(F)c1. The number of aliphatic hydroxyl groups is 1. The van der Waals surface area contributed by atoms with E-state index in [1.54, 1.807) is 6.07 Å². The van der Waals surface area contributed by atoms with Crippen LogP contribution in [0.3, 0.4) is 0 Å². The lowest BCUT2D eigenvalue weighted by Crippen LogP contribution is -1.81. The molecular formula is C11H10FNOS. The zero-order valence-corrected chi connectivity index (χ0v) is 9.01. The van der Waals surface area contributed by atoms with Gasteiger partial charge in [-0.05, 0) is 24.6 Å². The highest BCUT2D eigenvalue weighted by molar-refractivity contribution is 7.15. The Balaban J connectivity index is 2.48. The molecule has 0 fully saturated rings. The molecule has 0 aliphatic rings. The van der Waals surface area contributed by atoms with Crippen LogP contribution in [0, 0.1) is 12.7 Å². The maximum Gasteiger partial charge on any atom is 0.123 e. The molecule has 2 aromatic rings. The summed E-state index contributed by atoms with van der Waals surface area (Å²) in [6, 6.07) is 6.39. The van der Waals surface area contributed by atoms with Crippen molar-refractivity contribution >= 4 is 11.3 Å². The summed E-state index contributed by atoms with van der Waals surface area (Å²) in [4.78, 5) is 5.10. The van der Waals surface area contributed by atoms with E-state index in [1.165, 1.54) is 23.5 Å². The Morgan fingerprint density at radius 3 is 2.87 bits per heavy atom. The quantitative estimate of drug-likeness (QED) is 0.849. The van der Waals surface area contributed by atoms with Crippen LogP contribution in [-0.2, 0) is 6.61 Å². The first-order valence-electron chi connectivity index (χ1n) is 4.54. The lowest BCUT2D eigenvalue weighted by Gasteiger charge is -1.97. The van der Waals surface area contributed by atoms with E-state index >= 15 is 0 Å². The second-order valence-corrected chi connectivity index (χ2v) is 4.27. The molecule has 0 aliphatic heterocycles. The number of hydrogen-bond donors (Lipinski definition) is 1. The number of halogens is 1. The van der Waals surface area contributed by atoms with Gasteiger partial charge in [-0.3, -0.25) is 0 Å². The normalized spacial score (nSPS) is 10.6. The third-order valence-electron chi connectivity index (χ3n) is 2.06.